The summed E-state index contributed by atoms with van der Waals surface area (Å²) < 4.78 is 5.27. The number of ketones is 1. The molecule has 1 saturated carbocycles. The largest absolute Gasteiger partial charge is 0.494 e. The molecular weight excluding hydrogens is 352 g/mol. The van der Waals surface area contributed by atoms with Gasteiger partial charge in [0.15, 0.2) is 0 Å². The molecule has 1 aliphatic carbocycles. The van der Waals surface area contributed by atoms with Crippen molar-refractivity contribution in [1.29, 1.82) is 0 Å². The monoisotopic (exact) mass is 372 g/mol. The van der Waals surface area contributed by atoms with Gasteiger partial charge in [-0.25, -0.2) is 4.98 Å². The minimum atomic E-state index is -0.859. The molecule has 5 nitrogen and oxygen atoms in total. The van der Waals surface area contributed by atoms with Gasteiger partial charge in [-0.05, 0) is 17.0 Å². The minimum absolute atomic E-state index is 0.0832. The summed E-state index contributed by atoms with van der Waals surface area (Å²) in [4.78, 5) is 29.1. The predicted molar refractivity (Wildman–Crippen MR) is 101 cm³/mol. The third kappa shape index (κ3) is 3.19. The standard InChI is InChI=1S/C20H21ClN2O3/c1-12(2)14-6-4-5-7-15(14)20(9-13(24)10-20)19(25)23-16-11-22-18(21)8-17(16)26-3/h4-8,11-12H,9-10H2,1-3H3,(H,23,25). The number of aromatic nitrogens is 1. The molecule has 1 fully saturated rings. The summed E-state index contributed by atoms with van der Waals surface area (Å²) in [5, 5.41) is 3.16. The number of rotatable bonds is 5. The highest BCUT2D eigenvalue weighted by atomic mass is 35.5. The molecule has 0 radical (unpaired) electrons. The molecule has 1 aromatic heterocycles. The van der Waals surface area contributed by atoms with Crippen LogP contribution in [-0.2, 0) is 15.0 Å². The van der Waals surface area contributed by atoms with Crippen LogP contribution < -0.4 is 10.1 Å². The van der Waals surface area contributed by atoms with Gasteiger partial charge in [-0.2, -0.15) is 0 Å². The average molecular weight is 373 g/mol. The van der Waals surface area contributed by atoms with E-state index >= 15 is 0 Å². The first-order chi connectivity index (χ1) is 12.4. The first-order valence-corrected chi connectivity index (χ1v) is 8.87. The van der Waals surface area contributed by atoms with E-state index in [1.54, 1.807) is 0 Å². The number of Topliss-reactive ketones (excluding diaryl/α,β-unsaturated/α-hetero) is 1. The lowest BCUT2D eigenvalue weighted by Gasteiger charge is -2.41. The maximum atomic E-state index is 13.2. The quantitative estimate of drug-likeness (QED) is 0.802. The Morgan fingerprint density at radius 2 is 2.00 bits per heavy atom. The molecule has 1 aliphatic rings. The zero-order valence-electron chi connectivity index (χ0n) is 15.0. The van der Waals surface area contributed by atoms with Crippen molar-refractivity contribution < 1.29 is 14.3 Å². The van der Waals surface area contributed by atoms with Gasteiger partial charge >= 0.3 is 0 Å². The second-order valence-electron chi connectivity index (χ2n) is 6.88. The molecule has 0 bridgehead atoms. The lowest BCUT2D eigenvalue weighted by atomic mass is 9.61. The molecule has 3 rings (SSSR count). The van der Waals surface area contributed by atoms with E-state index in [9.17, 15) is 9.59 Å². The fourth-order valence-corrected chi connectivity index (χ4v) is 3.60. The van der Waals surface area contributed by atoms with Crippen molar-refractivity contribution in [2.24, 2.45) is 0 Å². The number of ether oxygens (including phenoxy) is 1. The van der Waals surface area contributed by atoms with Gasteiger partial charge in [0, 0.05) is 18.9 Å². The van der Waals surface area contributed by atoms with E-state index in [-0.39, 0.29) is 35.6 Å². The molecule has 26 heavy (non-hydrogen) atoms. The van der Waals surface area contributed by atoms with E-state index in [2.05, 4.69) is 24.1 Å². The van der Waals surface area contributed by atoms with Crippen LogP contribution in [0.1, 0.15) is 43.7 Å². The predicted octanol–water partition coefficient (Wildman–Crippen LogP) is 4.11. The Morgan fingerprint density at radius 3 is 2.62 bits per heavy atom. The molecule has 6 heteroatoms. The van der Waals surface area contributed by atoms with Crippen LogP contribution in [0.2, 0.25) is 5.15 Å². The number of hydrogen-bond donors (Lipinski definition) is 1. The normalized spacial score (nSPS) is 15.5. The lowest BCUT2D eigenvalue weighted by Crippen LogP contribution is -2.51. The molecule has 1 heterocycles. The average Bonchev–Trinajstić information content (AvgIpc) is 2.60. The number of carbonyl (C=O) groups excluding carboxylic acids is 2. The fraction of sp³-hybridized carbons (Fsp3) is 0.350. The molecule has 136 valence electrons. The van der Waals surface area contributed by atoms with Crippen molar-refractivity contribution in [2.45, 2.75) is 38.0 Å². The molecule has 0 aliphatic heterocycles. The van der Waals surface area contributed by atoms with Crippen LogP contribution in [0.3, 0.4) is 0 Å². The van der Waals surface area contributed by atoms with Crippen molar-refractivity contribution in [3.63, 3.8) is 0 Å². The number of halogens is 1. The zero-order valence-corrected chi connectivity index (χ0v) is 15.8. The topological polar surface area (TPSA) is 68.3 Å². The van der Waals surface area contributed by atoms with Crippen LogP contribution in [-0.4, -0.2) is 23.8 Å². The Balaban J connectivity index is 1.99. The minimum Gasteiger partial charge on any atom is -0.494 e. The van der Waals surface area contributed by atoms with Crippen LogP contribution in [0, 0.1) is 0 Å². The molecule has 0 unspecified atom stereocenters. The SMILES string of the molecule is COc1cc(Cl)ncc1NC(=O)C1(c2ccccc2C(C)C)CC(=O)C1. The molecular formula is C20H21ClN2O3. The first kappa shape index (κ1) is 18.4. The van der Waals surface area contributed by atoms with Gasteiger partial charge in [0.2, 0.25) is 5.91 Å². The van der Waals surface area contributed by atoms with Crippen LogP contribution in [0.4, 0.5) is 5.69 Å². The molecule has 1 N–H and O–H groups in total. The van der Waals surface area contributed by atoms with E-state index in [0.29, 0.717) is 11.4 Å². The van der Waals surface area contributed by atoms with Crippen molar-refractivity contribution in [1.82, 2.24) is 4.98 Å². The zero-order chi connectivity index (χ0) is 18.9. The highest BCUT2D eigenvalue weighted by molar-refractivity contribution is 6.29. The Morgan fingerprint density at radius 1 is 1.31 bits per heavy atom. The number of hydrogen-bond acceptors (Lipinski definition) is 4. The van der Waals surface area contributed by atoms with E-state index in [4.69, 9.17) is 16.3 Å². The maximum Gasteiger partial charge on any atom is 0.236 e. The number of methoxy groups -OCH3 is 1. The number of anilines is 1. The van der Waals surface area contributed by atoms with Gasteiger partial charge in [-0.1, -0.05) is 49.7 Å². The smallest absolute Gasteiger partial charge is 0.236 e. The van der Waals surface area contributed by atoms with Gasteiger partial charge in [0.1, 0.15) is 22.4 Å². The number of carbonyl (C=O) groups is 2. The number of amides is 1. The van der Waals surface area contributed by atoms with Gasteiger partial charge in [-0.15, -0.1) is 0 Å². The second kappa shape index (κ2) is 7.08. The van der Waals surface area contributed by atoms with E-state index < -0.39 is 5.41 Å². The van der Waals surface area contributed by atoms with Gasteiger partial charge in [0.05, 0.1) is 18.7 Å². The van der Waals surface area contributed by atoms with Crippen molar-refractivity contribution in [3.05, 3.63) is 52.8 Å². The third-order valence-electron chi connectivity index (χ3n) is 4.83. The summed E-state index contributed by atoms with van der Waals surface area (Å²) in [5.74, 6) is 0.530. The summed E-state index contributed by atoms with van der Waals surface area (Å²) in [6, 6.07) is 9.36. The molecule has 0 saturated heterocycles. The lowest BCUT2D eigenvalue weighted by molar-refractivity contribution is -0.138. The molecule has 2 aromatic rings. The van der Waals surface area contributed by atoms with Crippen LogP contribution in [0.25, 0.3) is 0 Å². The van der Waals surface area contributed by atoms with Crippen molar-refractivity contribution in [2.75, 3.05) is 12.4 Å². The Kier molecular flexibility index (Phi) is 5.01. The third-order valence-corrected chi connectivity index (χ3v) is 5.04. The molecule has 1 amide bonds. The summed E-state index contributed by atoms with van der Waals surface area (Å²) in [6.07, 6.45) is 1.86. The fourth-order valence-electron chi connectivity index (χ4n) is 3.45. The summed E-state index contributed by atoms with van der Waals surface area (Å²) in [5.41, 5.74) is 1.56. The Hall–Kier alpha value is -2.40. The number of nitrogens with zero attached hydrogens (tertiary/aromatic N) is 1. The van der Waals surface area contributed by atoms with Gasteiger partial charge in [-0.3, -0.25) is 9.59 Å². The van der Waals surface area contributed by atoms with E-state index in [1.165, 1.54) is 19.4 Å². The van der Waals surface area contributed by atoms with Crippen molar-refractivity contribution >= 4 is 29.0 Å². The second-order valence-corrected chi connectivity index (χ2v) is 7.26. The van der Waals surface area contributed by atoms with Crippen LogP contribution in [0.5, 0.6) is 5.75 Å². The van der Waals surface area contributed by atoms with Crippen molar-refractivity contribution in [3.8, 4) is 5.75 Å². The molecule has 1 aromatic carbocycles. The number of nitrogens with one attached hydrogen (secondary N) is 1. The molecule has 0 atom stereocenters. The Labute approximate surface area is 157 Å². The highest BCUT2D eigenvalue weighted by Gasteiger charge is 2.52. The molecule has 0 spiro atoms. The Bertz CT molecular complexity index is 856. The summed E-state index contributed by atoms with van der Waals surface area (Å²) >= 11 is 5.88. The summed E-state index contributed by atoms with van der Waals surface area (Å²) in [6.45, 7) is 4.16. The maximum absolute atomic E-state index is 13.2. The number of pyridine rings is 1. The van der Waals surface area contributed by atoms with E-state index in [1.807, 2.05) is 24.3 Å². The van der Waals surface area contributed by atoms with Gasteiger partial charge < -0.3 is 10.1 Å². The van der Waals surface area contributed by atoms with Gasteiger partial charge in [0.25, 0.3) is 0 Å². The first-order valence-electron chi connectivity index (χ1n) is 8.49. The van der Waals surface area contributed by atoms with Crippen LogP contribution >= 0.6 is 11.6 Å². The summed E-state index contributed by atoms with van der Waals surface area (Å²) in [7, 11) is 1.50. The highest BCUT2D eigenvalue weighted by Crippen LogP contribution is 2.45. The number of benzene rings is 1. The van der Waals surface area contributed by atoms with Crippen LogP contribution in [0.15, 0.2) is 36.5 Å². The van der Waals surface area contributed by atoms with E-state index in [0.717, 1.165) is 11.1 Å².